The summed E-state index contributed by atoms with van der Waals surface area (Å²) in [5.41, 5.74) is 4.94. The summed E-state index contributed by atoms with van der Waals surface area (Å²) in [6.07, 6.45) is 0. The van der Waals surface area contributed by atoms with E-state index >= 15 is 0 Å². The lowest BCUT2D eigenvalue weighted by Gasteiger charge is -2.16. The zero-order valence-corrected chi connectivity index (χ0v) is 20.3. The van der Waals surface area contributed by atoms with E-state index in [9.17, 15) is 9.59 Å². The van der Waals surface area contributed by atoms with E-state index in [4.69, 9.17) is 11.6 Å². The summed E-state index contributed by atoms with van der Waals surface area (Å²) in [5, 5.41) is 8.61. The van der Waals surface area contributed by atoms with Crippen LogP contribution in [-0.4, -0.2) is 21.8 Å². The second-order valence-corrected chi connectivity index (χ2v) is 8.53. The van der Waals surface area contributed by atoms with Crippen LogP contribution in [0.3, 0.4) is 0 Å². The quantitative estimate of drug-likeness (QED) is 0.278. The normalized spacial score (nSPS) is 10.5. The van der Waals surface area contributed by atoms with Crippen molar-refractivity contribution in [2.45, 2.75) is 20.8 Å². The smallest absolute Gasteiger partial charge is 0.276 e. The van der Waals surface area contributed by atoms with Crippen LogP contribution in [0.5, 0.6) is 0 Å². The molecule has 0 saturated heterocycles. The minimum Gasteiger partial charge on any atom is -0.338 e. The number of carbonyl (C=O) groups is 2. The highest BCUT2D eigenvalue weighted by Gasteiger charge is 2.23. The molecular weight excluding hydrogens is 462 g/mol. The highest BCUT2D eigenvalue weighted by atomic mass is 35.5. The van der Waals surface area contributed by atoms with E-state index in [0.717, 1.165) is 16.7 Å². The van der Waals surface area contributed by atoms with Crippen LogP contribution in [0.1, 0.15) is 37.5 Å². The minimum absolute atomic E-state index is 0.0688. The molecule has 3 N–H and O–H groups in total. The first kappa shape index (κ1) is 23.9. The lowest BCUT2D eigenvalue weighted by molar-refractivity contribution is 0.102. The molecule has 0 aliphatic rings. The number of rotatable bonds is 6. The van der Waals surface area contributed by atoms with E-state index in [1.54, 1.807) is 24.3 Å². The van der Waals surface area contributed by atoms with E-state index in [0.29, 0.717) is 16.9 Å². The third-order valence-electron chi connectivity index (χ3n) is 5.27. The summed E-state index contributed by atoms with van der Waals surface area (Å²) in [6.45, 7) is 5.87. The molecule has 2 amide bonds. The van der Waals surface area contributed by atoms with Crippen LogP contribution < -0.4 is 16.0 Å². The summed E-state index contributed by atoms with van der Waals surface area (Å²) in [6, 6.07) is 22.0. The molecule has 0 saturated carbocycles. The topological polar surface area (TPSA) is 96.0 Å². The van der Waals surface area contributed by atoms with Crippen LogP contribution >= 0.6 is 11.6 Å². The molecule has 0 aliphatic carbocycles. The first-order valence-electron chi connectivity index (χ1n) is 11.0. The van der Waals surface area contributed by atoms with Gasteiger partial charge in [0, 0.05) is 16.9 Å². The first-order valence-corrected chi connectivity index (χ1v) is 11.3. The number of aromatic nitrogens is 2. The summed E-state index contributed by atoms with van der Waals surface area (Å²) in [4.78, 5) is 34.7. The predicted octanol–water partition coefficient (Wildman–Crippen LogP) is 6.30. The van der Waals surface area contributed by atoms with Gasteiger partial charge in [0.25, 0.3) is 11.8 Å². The number of aryl methyl sites for hydroxylation is 3. The molecule has 0 atom stereocenters. The van der Waals surface area contributed by atoms with Gasteiger partial charge in [-0.05, 0) is 68.8 Å². The number of nitrogens with zero attached hydrogens (tertiary/aromatic N) is 2. The Hall–Kier alpha value is -4.23. The van der Waals surface area contributed by atoms with E-state index in [1.165, 1.54) is 0 Å². The Labute approximate surface area is 208 Å². The van der Waals surface area contributed by atoms with Crippen molar-refractivity contribution >= 4 is 46.3 Å². The molecule has 0 fully saturated rings. The molecular formula is C27H24ClN5O2. The second-order valence-electron chi connectivity index (χ2n) is 8.20. The third kappa shape index (κ3) is 6.02. The molecule has 4 rings (SSSR count). The maximum Gasteiger partial charge on any atom is 0.276 e. The van der Waals surface area contributed by atoms with Crippen molar-refractivity contribution in [1.29, 1.82) is 0 Å². The van der Waals surface area contributed by atoms with Gasteiger partial charge in [-0.15, -0.1) is 0 Å². The molecule has 1 heterocycles. The largest absolute Gasteiger partial charge is 0.338 e. The van der Waals surface area contributed by atoms with Crippen molar-refractivity contribution in [3.05, 3.63) is 106 Å². The van der Waals surface area contributed by atoms with E-state index < -0.39 is 11.8 Å². The van der Waals surface area contributed by atoms with Crippen LogP contribution in [-0.2, 0) is 0 Å². The Bertz CT molecular complexity index is 1370. The fourth-order valence-electron chi connectivity index (χ4n) is 3.30. The van der Waals surface area contributed by atoms with Gasteiger partial charge in [-0.25, -0.2) is 4.98 Å². The number of hydrogen-bond donors (Lipinski definition) is 3. The average Bonchev–Trinajstić information content (AvgIpc) is 2.83. The Balaban J connectivity index is 1.74. The zero-order chi connectivity index (χ0) is 24.9. The molecule has 0 radical (unpaired) electrons. The first-order chi connectivity index (χ1) is 16.8. The number of benzene rings is 3. The Morgan fingerprint density at radius 2 is 1.17 bits per heavy atom. The van der Waals surface area contributed by atoms with Crippen molar-refractivity contribution in [3.63, 3.8) is 0 Å². The van der Waals surface area contributed by atoms with Gasteiger partial charge < -0.3 is 16.0 Å². The van der Waals surface area contributed by atoms with E-state index in [-0.39, 0.29) is 22.5 Å². The van der Waals surface area contributed by atoms with Gasteiger partial charge in [-0.3, -0.25) is 9.59 Å². The molecule has 176 valence electrons. The van der Waals surface area contributed by atoms with Crippen LogP contribution in [0, 0.1) is 20.8 Å². The lowest BCUT2D eigenvalue weighted by Crippen LogP contribution is -2.21. The number of hydrogen-bond acceptors (Lipinski definition) is 5. The standard InChI is InChI=1S/C27H24ClN5O2/c1-16-4-10-19(11-5-16)25(34)31-22-23(26(35)30-21-14-8-18(3)9-15-21)32-27(28)33-24(22)29-20-12-6-17(2)7-13-20/h4-15H,1-3H3,(H,30,35)(H,31,34)(H,29,32,33). The lowest BCUT2D eigenvalue weighted by atomic mass is 10.1. The van der Waals surface area contributed by atoms with Gasteiger partial charge in [0.05, 0.1) is 0 Å². The maximum absolute atomic E-state index is 13.2. The molecule has 4 aromatic rings. The van der Waals surface area contributed by atoms with Crippen molar-refractivity contribution in [2.24, 2.45) is 0 Å². The van der Waals surface area contributed by atoms with Gasteiger partial charge in [-0.2, -0.15) is 4.98 Å². The van der Waals surface area contributed by atoms with Gasteiger partial charge >= 0.3 is 0 Å². The predicted molar refractivity (Wildman–Crippen MR) is 140 cm³/mol. The minimum atomic E-state index is -0.538. The molecule has 0 unspecified atom stereocenters. The number of amides is 2. The van der Waals surface area contributed by atoms with Gasteiger partial charge in [-0.1, -0.05) is 53.1 Å². The van der Waals surface area contributed by atoms with Crippen LogP contribution in [0.2, 0.25) is 5.28 Å². The summed E-state index contributed by atoms with van der Waals surface area (Å²) in [5.74, 6) is -0.750. The fraction of sp³-hybridized carbons (Fsp3) is 0.111. The molecule has 3 aromatic carbocycles. The average molecular weight is 486 g/mol. The summed E-state index contributed by atoms with van der Waals surface area (Å²) in [7, 11) is 0. The van der Waals surface area contributed by atoms with E-state index in [2.05, 4.69) is 25.9 Å². The highest BCUT2D eigenvalue weighted by molar-refractivity contribution is 6.29. The highest BCUT2D eigenvalue weighted by Crippen LogP contribution is 2.29. The summed E-state index contributed by atoms with van der Waals surface area (Å²) < 4.78 is 0. The van der Waals surface area contributed by atoms with Gasteiger partial charge in [0.15, 0.2) is 11.5 Å². The zero-order valence-electron chi connectivity index (χ0n) is 19.5. The molecule has 0 aliphatic heterocycles. The van der Waals surface area contributed by atoms with Crippen molar-refractivity contribution < 1.29 is 9.59 Å². The maximum atomic E-state index is 13.2. The Morgan fingerprint density at radius 3 is 1.74 bits per heavy atom. The molecule has 8 heteroatoms. The Kier molecular flexibility index (Phi) is 7.08. The van der Waals surface area contributed by atoms with Crippen LogP contribution in [0.25, 0.3) is 0 Å². The monoisotopic (exact) mass is 485 g/mol. The van der Waals surface area contributed by atoms with Gasteiger partial charge in [0.2, 0.25) is 5.28 Å². The van der Waals surface area contributed by atoms with Gasteiger partial charge in [0.1, 0.15) is 5.69 Å². The SMILES string of the molecule is Cc1ccc(NC(=O)c2nc(Cl)nc(Nc3ccc(C)cc3)c2NC(=O)c2ccc(C)cc2)cc1. The molecule has 0 bridgehead atoms. The van der Waals surface area contributed by atoms with Crippen molar-refractivity contribution in [1.82, 2.24) is 9.97 Å². The number of halogens is 1. The summed E-state index contributed by atoms with van der Waals surface area (Å²) >= 11 is 6.20. The van der Waals surface area contributed by atoms with Crippen molar-refractivity contribution in [2.75, 3.05) is 16.0 Å². The fourth-order valence-corrected chi connectivity index (χ4v) is 3.47. The van der Waals surface area contributed by atoms with Crippen molar-refractivity contribution in [3.8, 4) is 0 Å². The number of anilines is 4. The molecule has 1 aromatic heterocycles. The third-order valence-corrected chi connectivity index (χ3v) is 5.44. The van der Waals surface area contributed by atoms with Crippen LogP contribution in [0.15, 0.2) is 72.8 Å². The molecule has 35 heavy (non-hydrogen) atoms. The Morgan fingerprint density at radius 1 is 0.657 bits per heavy atom. The molecule has 7 nitrogen and oxygen atoms in total. The number of carbonyl (C=O) groups excluding carboxylic acids is 2. The molecule has 0 spiro atoms. The number of nitrogens with one attached hydrogen (secondary N) is 3. The second kappa shape index (κ2) is 10.4. The van der Waals surface area contributed by atoms with Crippen LogP contribution in [0.4, 0.5) is 22.9 Å². The van der Waals surface area contributed by atoms with E-state index in [1.807, 2.05) is 69.3 Å².